The lowest BCUT2D eigenvalue weighted by atomic mass is 9.86. The summed E-state index contributed by atoms with van der Waals surface area (Å²) < 4.78 is 32.4. The van der Waals surface area contributed by atoms with Crippen LogP contribution in [-0.2, 0) is 19.4 Å². The molecule has 4 N–H and O–H groups in total. The number of hydrogen-bond donors (Lipinski definition) is 4. The van der Waals surface area contributed by atoms with E-state index in [9.17, 15) is 18.0 Å². The predicted molar refractivity (Wildman–Crippen MR) is 226 cm³/mol. The van der Waals surface area contributed by atoms with Crippen LogP contribution in [0.15, 0.2) is 60.1 Å². The Kier molecular flexibility index (Phi) is 17.4. The first-order valence-corrected chi connectivity index (χ1v) is 21.8. The Morgan fingerprint density at radius 3 is 2.29 bits per heavy atom. The molecule has 0 radical (unpaired) electrons. The van der Waals surface area contributed by atoms with Crippen molar-refractivity contribution < 1.29 is 22.7 Å². The molecular weight excluding hydrogens is 750 g/mol. The number of piperidine rings is 1. The SMILES string of the molecule is C=CC(=O)NCCCCCCCCNC(=O)CCN1CCC(c2cc(OC(C)C)c(Nc3ncc(Cl)c(Nc4ccccc4S(=O)(=O)C(C)C)n3)cc2C)CC1. The molecule has 0 unspecified atom stereocenters. The minimum atomic E-state index is -3.56. The van der Waals surface area contributed by atoms with Gasteiger partial charge in [0, 0.05) is 26.1 Å². The number of aromatic nitrogens is 2. The van der Waals surface area contributed by atoms with Crippen molar-refractivity contribution in [2.45, 2.75) is 115 Å². The predicted octanol–water partition coefficient (Wildman–Crippen LogP) is 8.22. The van der Waals surface area contributed by atoms with Crippen LogP contribution in [0.2, 0.25) is 5.02 Å². The molecule has 1 saturated heterocycles. The monoisotopic (exact) mass is 809 g/mol. The van der Waals surface area contributed by atoms with E-state index in [-0.39, 0.29) is 39.6 Å². The number of para-hydroxylation sites is 1. The number of nitrogens with one attached hydrogen (secondary N) is 4. The lowest BCUT2D eigenvalue weighted by molar-refractivity contribution is -0.121. The third-order valence-electron chi connectivity index (χ3n) is 9.88. The Morgan fingerprint density at radius 1 is 0.964 bits per heavy atom. The van der Waals surface area contributed by atoms with Crippen LogP contribution in [0.4, 0.5) is 23.1 Å². The summed E-state index contributed by atoms with van der Waals surface area (Å²) in [6, 6.07) is 10.9. The molecule has 0 aliphatic carbocycles. The molecule has 1 fully saturated rings. The van der Waals surface area contributed by atoms with Crippen LogP contribution in [0.25, 0.3) is 0 Å². The number of benzene rings is 2. The van der Waals surface area contributed by atoms with Crippen LogP contribution < -0.4 is 26.0 Å². The molecule has 0 atom stereocenters. The van der Waals surface area contributed by atoms with E-state index in [2.05, 4.69) is 61.8 Å². The van der Waals surface area contributed by atoms with Gasteiger partial charge in [0.05, 0.1) is 33.8 Å². The van der Waals surface area contributed by atoms with Gasteiger partial charge in [0.15, 0.2) is 15.7 Å². The average molecular weight is 811 g/mol. The molecule has 1 aliphatic rings. The fourth-order valence-corrected chi connectivity index (χ4v) is 8.05. The van der Waals surface area contributed by atoms with Gasteiger partial charge in [-0.3, -0.25) is 9.59 Å². The molecule has 1 aliphatic heterocycles. The normalized spacial score (nSPS) is 13.8. The number of nitrogens with zero attached hydrogens (tertiary/aromatic N) is 3. The van der Waals surface area contributed by atoms with Gasteiger partial charge in [-0.1, -0.05) is 56.0 Å². The standard InChI is InChI=1S/C42H60ClN7O5S/c1-7-39(51)44-21-14-10-8-9-11-15-22-45-40(52)20-25-50-23-18-32(19-24-50)33-27-37(55-29(2)3)36(26-31(33)6)48-42-46-28-34(43)41(49-42)47-35-16-12-13-17-38(35)56(53,54)30(4)5/h7,12-13,16-17,26-30,32H,1,8-11,14-15,18-25H2,2-6H3,(H,44,51)(H,45,52)(H2,46,47,48,49). The molecule has 3 aromatic rings. The van der Waals surface area contributed by atoms with E-state index in [1.165, 1.54) is 17.8 Å². The number of halogens is 1. The molecule has 0 spiro atoms. The first-order valence-electron chi connectivity index (χ1n) is 19.9. The van der Waals surface area contributed by atoms with Gasteiger partial charge in [0.2, 0.25) is 17.8 Å². The van der Waals surface area contributed by atoms with Crippen LogP contribution in [0.1, 0.15) is 103 Å². The lowest BCUT2D eigenvalue weighted by Crippen LogP contribution is -2.36. The highest BCUT2D eigenvalue weighted by atomic mass is 35.5. The van der Waals surface area contributed by atoms with Gasteiger partial charge < -0.3 is 30.9 Å². The number of amides is 2. The zero-order valence-corrected chi connectivity index (χ0v) is 35.2. The molecule has 12 nitrogen and oxygen atoms in total. The summed E-state index contributed by atoms with van der Waals surface area (Å²) in [6.07, 6.45) is 11.6. The van der Waals surface area contributed by atoms with Gasteiger partial charge in [-0.15, -0.1) is 0 Å². The Labute approximate surface area is 338 Å². The highest BCUT2D eigenvalue weighted by Crippen LogP contribution is 2.38. The van der Waals surface area contributed by atoms with Crippen molar-refractivity contribution in [3.8, 4) is 5.75 Å². The molecule has 2 heterocycles. The van der Waals surface area contributed by atoms with Crippen LogP contribution in [0, 0.1) is 6.92 Å². The van der Waals surface area contributed by atoms with Crippen molar-refractivity contribution in [2.75, 3.05) is 43.4 Å². The highest BCUT2D eigenvalue weighted by molar-refractivity contribution is 7.92. The Hall–Kier alpha value is -4.20. The molecule has 4 rings (SSSR count). The fraction of sp³-hybridized carbons (Fsp3) is 0.524. The smallest absolute Gasteiger partial charge is 0.243 e. The van der Waals surface area contributed by atoms with E-state index in [4.69, 9.17) is 16.3 Å². The summed E-state index contributed by atoms with van der Waals surface area (Å²) in [6.45, 7) is 16.8. The summed E-state index contributed by atoms with van der Waals surface area (Å²) >= 11 is 6.49. The van der Waals surface area contributed by atoms with Gasteiger partial charge in [0.25, 0.3) is 0 Å². The fourth-order valence-electron chi connectivity index (χ4n) is 6.71. The number of ether oxygens (including phenoxy) is 1. The van der Waals surface area contributed by atoms with Crippen LogP contribution >= 0.6 is 11.6 Å². The van der Waals surface area contributed by atoms with Crippen molar-refractivity contribution in [3.63, 3.8) is 0 Å². The van der Waals surface area contributed by atoms with E-state index >= 15 is 0 Å². The van der Waals surface area contributed by atoms with Gasteiger partial charge in [-0.05, 0) is 121 Å². The summed E-state index contributed by atoms with van der Waals surface area (Å²) in [5, 5.41) is 12.0. The summed E-state index contributed by atoms with van der Waals surface area (Å²) in [7, 11) is -3.56. The van der Waals surface area contributed by atoms with Crippen LogP contribution in [-0.4, -0.2) is 79.2 Å². The molecule has 2 aromatic carbocycles. The molecular formula is C42H60ClN7O5S. The number of carbonyl (C=O) groups excluding carboxylic acids is 2. The summed E-state index contributed by atoms with van der Waals surface area (Å²) in [5.74, 6) is 1.58. The maximum absolute atomic E-state index is 13.0. The second kappa shape index (κ2) is 21.9. The van der Waals surface area contributed by atoms with Gasteiger partial charge >= 0.3 is 0 Å². The zero-order chi connectivity index (χ0) is 40.7. The number of likely N-dealkylation sites (tertiary alicyclic amines) is 1. The Bertz CT molecular complexity index is 1880. The highest BCUT2D eigenvalue weighted by Gasteiger charge is 2.25. The summed E-state index contributed by atoms with van der Waals surface area (Å²) in [4.78, 5) is 35.3. The van der Waals surface area contributed by atoms with Crippen molar-refractivity contribution in [2.24, 2.45) is 0 Å². The first-order chi connectivity index (χ1) is 26.8. The van der Waals surface area contributed by atoms with Crippen LogP contribution in [0.3, 0.4) is 0 Å². The number of carbonyl (C=O) groups is 2. The maximum atomic E-state index is 13.0. The molecule has 306 valence electrons. The number of aryl methyl sites for hydroxylation is 1. The maximum Gasteiger partial charge on any atom is 0.243 e. The molecule has 56 heavy (non-hydrogen) atoms. The van der Waals surface area contributed by atoms with Crippen molar-refractivity contribution in [3.05, 3.63) is 71.4 Å². The number of anilines is 4. The van der Waals surface area contributed by atoms with E-state index in [0.717, 1.165) is 76.6 Å². The van der Waals surface area contributed by atoms with Crippen molar-refractivity contribution >= 4 is 56.4 Å². The quantitative estimate of drug-likeness (QED) is 0.0577. The van der Waals surface area contributed by atoms with E-state index in [1.807, 2.05) is 13.8 Å². The number of unbranched alkanes of at least 4 members (excludes halogenated alkanes) is 5. The third-order valence-corrected chi connectivity index (χ3v) is 12.4. The molecule has 0 bridgehead atoms. The van der Waals surface area contributed by atoms with Gasteiger partial charge in [0.1, 0.15) is 10.8 Å². The van der Waals surface area contributed by atoms with E-state index in [1.54, 1.807) is 38.1 Å². The van der Waals surface area contributed by atoms with Gasteiger partial charge in [-0.2, -0.15) is 4.98 Å². The van der Waals surface area contributed by atoms with E-state index in [0.29, 0.717) is 42.6 Å². The second-order valence-electron chi connectivity index (χ2n) is 14.9. The minimum Gasteiger partial charge on any atom is -0.489 e. The molecule has 1 aromatic heterocycles. The minimum absolute atomic E-state index is 0.0730. The van der Waals surface area contributed by atoms with Crippen molar-refractivity contribution in [1.29, 1.82) is 0 Å². The zero-order valence-electron chi connectivity index (χ0n) is 33.6. The molecule has 14 heteroatoms. The second-order valence-corrected chi connectivity index (χ2v) is 17.8. The topological polar surface area (TPSA) is 155 Å². The molecule has 0 saturated carbocycles. The molecule has 2 amide bonds. The number of sulfone groups is 1. The third kappa shape index (κ3) is 13.5. The van der Waals surface area contributed by atoms with Gasteiger partial charge in [-0.25, -0.2) is 13.4 Å². The number of rotatable bonds is 22. The largest absolute Gasteiger partial charge is 0.489 e. The van der Waals surface area contributed by atoms with E-state index < -0.39 is 15.1 Å². The lowest BCUT2D eigenvalue weighted by Gasteiger charge is -2.33. The van der Waals surface area contributed by atoms with Crippen molar-refractivity contribution in [1.82, 2.24) is 25.5 Å². The summed E-state index contributed by atoms with van der Waals surface area (Å²) in [5.41, 5.74) is 3.46. The average Bonchev–Trinajstić information content (AvgIpc) is 3.17. The Balaban J connectivity index is 1.29. The first kappa shape index (κ1) is 44.5. The van der Waals surface area contributed by atoms with Crippen LogP contribution in [0.5, 0.6) is 5.75 Å². The number of hydrogen-bond acceptors (Lipinski definition) is 10. The Morgan fingerprint density at radius 2 is 1.62 bits per heavy atom.